The van der Waals surface area contributed by atoms with Crippen molar-refractivity contribution in [2.75, 3.05) is 0 Å². The van der Waals surface area contributed by atoms with E-state index in [1.54, 1.807) is 0 Å². The minimum atomic E-state index is -0.545. The standard InChI is InChI=1S/C26H24O/c1-26(19-20-10-4-2-5-11-20,25(27)22-13-6-3-7-14-22)24-17-16-21-12-8-9-15-23(21)18-24/h2-15,18H,16-17,19H2,1H3. The number of carbonyl (C=O) groups is 1. The van der Waals surface area contributed by atoms with E-state index in [4.69, 9.17) is 0 Å². The van der Waals surface area contributed by atoms with E-state index in [1.165, 1.54) is 22.3 Å². The Hall–Kier alpha value is -2.93. The van der Waals surface area contributed by atoms with Gasteiger partial charge in [0.15, 0.2) is 5.78 Å². The molecule has 3 aromatic rings. The van der Waals surface area contributed by atoms with E-state index in [9.17, 15) is 4.79 Å². The highest BCUT2D eigenvalue weighted by Crippen LogP contribution is 2.41. The van der Waals surface area contributed by atoms with Gasteiger partial charge < -0.3 is 0 Å². The topological polar surface area (TPSA) is 17.1 Å². The lowest BCUT2D eigenvalue weighted by Gasteiger charge is -2.34. The number of hydrogen-bond acceptors (Lipinski definition) is 1. The summed E-state index contributed by atoms with van der Waals surface area (Å²) in [6.07, 6.45) is 4.89. The van der Waals surface area contributed by atoms with Crippen molar-refractivity contribution in [3.63, 3.8) is 0 Å². The van der Waals surface area contributed by atoms with Gasteiger partial charge >= 0.3 is 0 Å². The predicted molar refractivity (Wildman–Crippen MR) is 112 cm³/mol. The van der Waals surface area contributed by atoms with E-state index in [2.05, 4.69) is 49.4 Å². The second-order valence-electron chi connectivity index (χ2n) is 7.56. The van der Waals surface area contributed by atoms with E-state index in [0.29, 0.717) is 0 Å². The molecule has 4 rings (SSSR count). The highest BCUT2D eigenvalue weighted by molar-refractivity contribution is 6.03. The zero-order valence-corrected chi connectivity index (χ0v) is 15.7. The van der Waals surface area contributed by atoms with Crippen LogP contribution in [0.3, 0.4) is 0 Å². The van der Waals surface area contributed by atoms with Crippen molar-refractivity contribution in [1.82, 2.24) is 0 Å². The van der Waals surface area contributed by atoms with Crippen molar-refractivity contribution in [1.29, 1.82) is 0 Å². The van der Waals surface area contributed by atoms with Gasteiger partial charge in [0.1, 0.15) is 0 Å². The molecule has 0 N–H and O–H groups in total. The average molecular weight is 352 g/mol. The Morgan fingerprint density at radius 3 is 2.19 bits per heavy atom. The molecule has 3 aromatic carbocycles. The Balaban J connectivity index is 1.79. The Morgan fingerprint density at radius 2 is 1.44 bits per heavy atom. The SMILES string of the molecule is CC(Cc1ccccc1)(C(=O)c1ccccc1)C1=Cc2ccccc2CC1. The Morgan fingerprint density at radius 1 is 0.815 bits per heavy atom. The van der Waals surface area contributed by atoms with Crippen LogP contribution in [0.1, 0.15) is 40.4 Å². The van der Waals surface area contributed by atoms with Crippen LogP contribution in [0.5, 0.6) is 0 Å². The number of benzene rings is 3. The van der Waals surface area contributed by atoms with Gasteiger partial charge in [-0.25, -0.2) is 0 Å². The molecule has 0 bridgehead atoms. The van der Waals surface area contributed by atoms with Crippen LogP contribution in [0, 0.1) is 5.41 Å². The quantitative estimate of drug-likeness (QED) is 0.503. The third kappa shape index (κ3) is 3.50. The summed E-state index contributed by atoms with van der Waals surface area (Å²) in [7, 11) is 0. The van der Waals surface area contributed by atoms with Gasteiger partial charge in [-0.2, -0.15) is 0 Å². The van der Waals surface area contributed by atoms with E-state index < -0.39 is 5.41 Å². The molecule has 0 aromatic heterocycles. The first-order chi connectivity index (χ1) is 13.2. The molecule has 0 radical (unpaired) electrons. The van der Waals surface area contributed by atoms with Crippen LogP contribution in [0.2, 0.25) is 0 Å². The third-order valence-corrected chi connectivity index (χ3v) is 5.69. The third-order valence-electron chi connectivity index (χ3n) is 5.69. The number of carbonyl (C=O) groups excluding carboxylic acids is 1. The molecule has 0 spiro atoms. The van der Waals surface area contributed by atoms with Crippen LogP contribution in [0.4, 0.5) is 0 Å². The van der Waals surface area contributed by atoms with Crippen molar-refractivity contribution in [2.24, 2.45) is 5.41 Å². The molecule has 0 aliphatic heterocycles. The fraction of sp³-hybridized carbons (Fsp3) is 0.192. The molecule has 1 heteroatoms. The summed E-state index contributed by atoms with van der Waals surface area (Å²) in [5, 5.41) is 0. The fourth-order valence-corrected chi connectivity index (χ4v) is 4.12. The van der Waals surface area contributed by atoms with Gasteiger partial charge in [0.05, 0.1) is 5.41 Å². The van der Waals surface area contributed by atoms with Crippen LogP contribution in [-0.4, -0.2) is 5.78 Å². The van der Waals surface area contributed by atoms with Crippen molar-refractivity contribution >= 4 is 11.9 Å². The highest BCUT2D eigenvalue weighted by Gasteiger charge is 2.38. The molecule has 1 aliphatic rings. The molecule has 1 nitrogen and oxygen atoms in total. The van der Waals surface area contributed by atoms with Crippen LogP contribution in [0.15, 0.2) is 90.5 Å². The lowest BCUT2D eigenvalue weighted by Crippen LogP contribution is -2.33. The first-order valence-electron chi connectivity index (χ1n) is 9.59. The number of Topliss-reactive ketones (excluding diaryl/α,β-unsaturated/α-hetero) is 1. The summed E-state index contributed by atoms with van der Waals surface area (Å²) in [5.41, 5.74) is 5.30. The normalized spacial score (nSPS) is 15.4. The first-order valence-corrected chi connectivity index (χ1v) is 9.59. The Labute approximate surface area is 161 Å². The van der Waals surface area contributed by atoms with E-state index in [0.717, 1.165) is 24.8 Å². The van der Waals surface area contributed by atoms with Gasteiger partial charge in [0, 0.05) is 5.56 Å². The molecule has 1 unspecified atom stereocenters. The second kappa shape index (κ2) is 7.36. The maximum Gasteiger partial charge on any atom is 0.173 e. The molecule has 0 saturated carbocycles. The average Bonchev–Trinajstić information content (AvgIpc) is 2.74. The van der Waals surface area contributed by atoms with Gasteiger partial charge in [-0.3, -0.25) is 4.79 Å². The van der Waals surface area contributed by atoms with Crippen molar-refractivity contribution < 1.29 is 4.79 Å². The summed E-state index contributed by atoms with van der Waals surface area (Å²) in [5.74, 6) is 0.206. The van der Waals surface area contributed by atoms with E-state index in [-0.39, 0.29) is 5.78 Å². The summed E-state index contributed by atoms with van der Waals surface area (Å²) in [6, 6.07) is 28.6. The Kier molecular flexibility index (Phi) is 4.77. The molecular weight excluding hydrogens is 328 g/mol. The van der Waals surface area contributed by atoms with Crippen molar-refractivity contribution in [3.8, 4) is 0 Å². The molecule has 134 valence electrons. The smallest absolute Gasteiger partial charge is 0.173 e. The number of allylic oxidation sites excluding steroid dienone is 1. The molecule has 0 heterocycles. The molecule has 0 saturated heterocycles. The van der Waals surface area contributed by atoms with Crippen LogP contribution < -0.4 is 0 Å². The number of aryl methyl sites for hydroxylation is 1. The summed E-state index contributed by atoms with van der Waals surface area (Å²) in [6.45, 7) is 2.12. The van der Waals surface area contributed by atoms with Gasteiger partial charge in [0.2, 0.25) is 0 Å². The lowest BCUT2D eigenvalue weighted by molar-refractivity contribution is 0.0854. The summed E-state index contributed by atoms with van der Waals surface area (Å²) in [4.78, 5) is 13.6. The van der Waals surface area contributed by atoms with E-state index in [1.807, 2.05) is 48.5 Å². The van der Waals surface area contributed by atoms with Crippen LogP contribution in [0.25, 0.3) is 6.08 Å². The summed E-state index contributed by atoms with van der Waals surface area (Å²) < 4.78 is 0. The predicted octanol–water partition coefficient (Wildman–Crippen LogP) is 6.15. The monoisotopic (exact) mass is 352 g/mol. The summed E-state index contributed by atoms with van der Waals surface area (Å²) >= 11 is 0. The van der Waals surface area contributed by atoms with Gasteiger partial charge in [0.25, 0.3) is 0 Å². The minimum Gasteiger partial charge on any atom is -0.293 e. The zero-order valence-electron chi connectivity index (χ0n) is 15.7. The fourth-order valence-electron chi connectivity index (χ4n) is 4.12. The molecule has 1 aliphatic carbocycles. The zero-order chi connectivity index (χ0) is 18.7. The molecule has 27 heavy (non-hydrogen) atoms. The number of ketones is 1. The molecule has 0 amide bonds. The molecular formula is C26H24O. The van der Waals surface area contributed by atoms with Crippen molar-refractivity contribution in [2.45, 2.75) is 26.2 Å². The first kappa shape index (κ1) is 17.5. The lowest BCUT2D eigenvalue weighted by atomic mass is 9.68. The largest absolute Gasteiger partial charge is 0.293 e. The number of rotatable bonds is 5. The molecule has 1 atom stereocenters. The maximum atomic E-state index is 13.6. The second-order valence-corrected chi connectivity index (χ2v) is 7.56. The van der Waals surface area contributed by atoms with Gasteiger partial charge in [-0.15, -0.1) is 0 Å². The number of fused-ring (bicyclic) bond motifs is 1. The van der Waals surface area contributed by atoms with Crippen LogP contribution in [-0.2, 0) is 12.8 Å². The van der Waals surface area contributed by atoms with Gasteiger partial charge in [-0.05, 0) is 42.9 Å². The van der Waals surface area contributed by atoms with E-state index >= 15 is 0 Å². The number of hydrogen-bond donors (Lipinski definition) is 0. The van der Waals surface area contributed by atoms with Crippen molar-refractivity contribution in [3.05, 3.63) is 113 Å². The molecule has 0 fully saturated rings. The Bertz CT molecular complexity index is 969. The van der Waals surface area contributed by atoms with Gasteiger partial charge in [-0.1, -0.05) is 96.6 Å². The highest BCUT2D eigenvalue weighted by atomic mass is 16.1. The maximum absolute atomic E-state index is 13.6. The van der Waals surface area contributed by atoms with Crippen LogP contribution >= 0.6 is 0 Å². The minimum absolute atomic E-state index is 0.206.